The van der Waals surface area contributed by atoms with Crippen LogP contribution in [0.25, 0.3) is 0 Å². The number of carbonyl (C=O) groups excluding carboxylic acids is 3. The van der Waals surface area contributed by atoms with E-state index in [1.807, 2.05) is 0 Å². The van der Waals surface area contributed by atoms with Crippen molar-refractivity contribution in [2.45, 2.75) is 39.1 Å². The van der Waals surface area contributed by atoms with E-state index in [1.54, 1.807) is 20.8 Å². The number of hydrogen-bond acceptors (Lipinski definition) is 4. The van der Waals surface area contributed by atoms with Crippen molar-refractivity contribution in [3.63, 3.8) is 0 Å². The standard InChI is InChI=1S/C11H17BN2O3/c1-11(2,3)9(16)7(5-13)14-8(15)4-6(12)10(14)17/h6-7H,4-5,13H2,1-3H3/t6?,7-/m0/s1. The van der Waals surface area contributed by atoms with Crippen molar-refractivity contribution in [1.29, 1.82) is 0 Å². The smallest absolute Gasteiger partial charge is 0.229 e. The summed E-state index contributed by atoms with van der Waals surface area (Å²) in [5.74, 6) is -2.00. The summed E-state index contributed by atoms with van der Waals surface area (Å²) in [4.78, 5) is 36.4. The Morgan fingerprint density at radius 2 is 2.06 bits per heavy atom. The molecule has 1 heterocycles. The Hall–Kier alpha value is -1.17. The minimum Gasteiger partial charge on any atom is -0.328 e. The molecule has 1 aliphatic rings. The summed E-state index contributed by atoms with van der Waals surface area (Å²) in [6.07, 6.45) is -0.0489. The lowest BCUT2D eigenvalue weighted by molar-refractivity contribution is -0.148. The molecule has 0 aliphatic carbocycles. The molecule has 1 fully saturated rings. The minimum atomic E-state index is -0.899. The summed E-state index contributed by atoms with van der Waals surface area (Å²) in [5.41, 5.74) is 4.86. The van der Waals surface area contributed by atoms with Gasteiger partial charge in [0.1, 0.15) is 6.04 Å². The molecule has 17 heavy (non-hydrogen) atoms. The van der Waals surface area contributed by atoms with Crippen LogP contribution in [0.2, 0.25) is 5.82 Å². The zero-order valence-corrected chi connectivity index (χ0v) is 10.4. The van der Waals surface area contributed by atoms with Crippen molar-refractivity contribution >= 4 is 25.4 Å². The maximum Gasteiger partial charge on any atom is 0.229 e. The Balaban J connectivity index is 3.00. The van der Waals surface area contributed by atoms with Crippen LogP contribution in [0, 0.1) is 5.41 Å². The topological polar surface area (TPSA) is 80.5 Å². The van der Waals surface area contributed by atoms with E-state index in [2.05, 4.69) is 0 Å². The molecule has 0 bridgehead atoms. The Morgan fingerprint density at radius 1 is 1.53 bits per heavy atom. The summed E-state index contributed by atoms with van der Waals surface area (Å²) in [7, 11) is 5.50. The van der Waals surface area contributed by atoms with Gasteiger partial charge in [-0.3, -0.25) is 19.3 Å². The van der Waals surface area contributed by atoms with Crippen molar-refractivity contribution in [3.8, 4) is 0 Å². The van der Waals surface area contributed by atoms with Gasteiger partial charge in [0, 0.05) is 24.2 Å². The SMILES string of the molecule is [B]C1CC(=O)N([C@@H](CN)C(=O)C(C)(C)C)C1=O. The van der Waals surface area contributed by atoms with E-state index < -0.39 is 29.1 Å². The lowest BCUT2D eigenvalue weighted by atomic mass is 9.85. The van der Waals surface area contributed by atoms with Crippen LogP contribution < -0.4 is 5.73 Å². The van der Waals surface area contributed by atoms with E-state index in [1.165, 1.54) is 0 Å². The second-order valence-corrected chi connectivity index (χ2v) is 5.28. The first-order chi connectivity index (χ1) is 7.70. The van der Waals surface area contributed by atoms with Crippen LogP contribution in [0.15, 0.2) is 0 Å². The van der Waals surface area contributed by atoms with Crippen LogP contribution in [0.5, 0.6) is 0 Å². The number of amides is 2. The molecule has 5 nitrogen and oxygen atoms in total. The summed E-state index contributed by atoms with van der Waals surface area (Å²) < 4.78 is 0. The van der Waals surface area contributed by atoms with Crippen LogP contribution in [-0.2, 0) is 14.4 Å². The van der Waals surface area contributed by atoms with Gasteiger partial charge in [0.15, 0.2) is 5.78 Å². The molecule has 0 aromatic heterocycles. The average molecular weight is 236 g/mol. The monoisotopic (exact) mass is 236 g/mol. The molecular weight excluding hydrogens is 219 g/mol. The predicted octanol–water partition coefficient (Wildman–Crippen LogP) is -0.355. The van der Waals surface area contributed by atoms with E-state index in [4.69, 9.17) is 13.6 Å². The molecule has 0 aromatic carbocycles. The Labute approximate surface area is 102 Å². The quantitative estimate of drug-likeness (QED) is 0.536. The molecule has 1 unspecified atom stereocenters. The average Bonchev–Trinajstić information content (AvgIpc) is 2.44. The lowest BCUT2D eigenvalue weighted by Crippen LogP contribution is -2.52. The van der Waals surface area contributed by atoms with Gasteiger partial charge in [-0.2, -0.15) is 0 Å². The van der Waals surface area contributed by atoms with Crippen molar-refractivity contribution in [3.05, 3.63) is 0 Å². The highest BCUT2D eigenvalue weighted by Gasteiger charge is 2.44. The third kappa shape index (κ3) is 2.57. The van der Waals surface area contributed by atoms with Crippen LogP contribution in [-0.4, -0.2) is 42.9 Å². The molecule has 1 rings (SSSR count). The number of ketones is 1. The maximum absolute atomic E-state index is 12.1. The van der Waals surface area contributed by atoms with Gasteiger partial charge >= 0.3 is 0 Å². The first-order valence-electron chi connectivity index (χ1n) is 5.56. The van der Waals surface area contributed by atoms with E-state index >= 15 is 0 Å². The zero-order valence-electron chi connectivity index (χ0n) is 10.4. The molecule has 0 spiro atoms. The zero-order chi connectivity index (χ0) is 13.4. The van der Waals surface area contributed by atoms with E-state index in [0.717, 1.165) is 4.90 Å². The number of nitrogens with zero attached hydrogens (tertiary/aromatic N) is 1. The Bertz CT molecular complexity index is 362. The third-order valence-electron chi connectivity index (χ3n) is 2.79. The van der Waals surface area contributed by atoms with Crippen molar-refractivity contribution in [1.82, 2.24) is 4.90 Å². The minimum absolute atomic E-state index is 0.0489. The lowest BCUT2D eigenvalue weighted by Gasteiger charge is -2.29. The maximum atomic E-state index is 12.1. The van der Waals surface area contributed by atoms with Gasteiger partial charge in [0.2, 0.25) is 11.8 Å². The first-order valence-corrected chi connectivity index (χ1v) is 5.56. The molecule has 1 aliphatic heterocycles. The highest BCUT2D eigenvalue weighted by molar-refractivity contribution is 6.30. The predicted molar refractivity (Wildman–Crippen MR) is 63.3 cm³/mol. The molecule has 2 atom stereocenters. The summed E-state index contributed by atoms with van der Waals surface area (Å²) in [6, 6.07) is -0.899. The van der Waals surface area contributed by atoms with Crippen LogP contribution >= 0.6 is 0 Å². The number of likely N-dealkylation sites (tertiary alicyclic amines) is 1. The second kappa shape index (κ2) is 4.60. The molecule has 92 valence electrons. The van der Waals surface area contributed by atoms with Crippen molar-refractivity contribution in [2.75, 3.05) is 6.54 Å². The van der Waals surface area contributed by atoms with Gasteiger partial charge in [-0.05, 0) is 0 Å². The number of hydrogen-bond donors (Lipinski definition) is 1. The fourth-order valence-electron chi connectivity index (χ4n) is 1.83. The molecular formula is C11H17BN2O3. The van der Waals surface area contributed by atoms with E-state index in [9.17, 15) is 14.4 Å². The summed E-state index contributed by atoms with van der Waals surface area (Å²) in [5, 5.41) is 0. The molecule has 2 radical (unpaired) electrons. The summed E-state index contributed by atoms with van der Waals surface area (Å²) >= 11 is 0. The molecule has 2 N–H and O–H groups in total. The largest absolute Gasteiger partial charge is 0.328 e. The first kappa shape index (κ1) is 13.9. The van der Waals surface area contributed by atoms with Crippen LogP contribution in [0.3, 0.4) is 0 Å². The van der Waals surface area contributed by atoms with Gasteiger partial charge in [0.05, 0.1) is 7.85 Å². The highest BCUT2D eigenvalue weighted by Crippen LogP contribution is 2.27. The normalized spacial score (nSPS) is 23.1. The molecule has 0 aromatic rings. The van der Waals surface area contributed by atoms with E-state index in [-0.39, 0.29) is 18.7 Å². The Morgan fingerprint density at radius 3 is 2.35 bits per heavy atom. The number of Topliss-reactive ketones (excluding diaryl/α,β-unsaturated/α-hetero) is 1. The fraction of sp³-hybridized carbons (Fsp3) is 0.727. The number of rotatable bonds is 3. The second-order valence-electron chi connectivity index (χ2n) is 5.28. The van der Waals surface area contributed by atoms with E-state index in [0.29, 0.717) is 0 Å². The number of carbonyl (C=O) groups is 3. The Kier molecular flexibility index (Phi) is 3.76. The molecule has 1 saturated heterocycles. The summed E-state index contributed by atoms with van der Waals surface area (Å²) in [6.45, 7) is 5.11. The third-order valence-corrected chi connectivity index (χ3v) is 2.79. The number of nitrogens with two attached hydrogens (primary N) is 1. The van der Waals surface area contributed by atoms with Gasteiger partial charge in [-0.15, -0.1) is 0 Å². The number of imide groups is 1. The van der Waals surface area contributed by atoms with Crippen molar-refractivity contribution in [2.24, 2.45) is 11.1 Å². The van der Waals surface area contributed by atoms with Gasteiger partial charge in [-0.25, -0.2) is 0 Å². The molecule has 0 saturated carbocycles. The van der Waals surface area contributed by atoms with Gasteiger partial charge in [0.25, 0.3) is 0 Å². The van der Waals surface area contributed by atoms with Gasteiger partial charge < -0.3 is 5.73 Å². The highest BCUT2D eigenvalue weighted by atomic mass is 16.2. The molecule has 6 heteroatoms. The van der Waals surface area contributed by atoms with Gasteiger partial charge in [-0.1, -0.05) is 20.8 Å². The van der Waals surface area contributed by atoms with Crippen LogP contribution in [0.1, 0.15) is 27.2 Å². The fourth-order valence-corrected chi connectivity index (χ4v) is 1.83. The van der Waals surface area contributed by atoms with Crippen molar-refractivity contribution < 1.29 is 14.4 Å². The van der Waals surface area contributed by atoms with Crippen LogP contribution in [0.4, 0.5) is 0 Å². The molecule has 2 amide bonds.